The summed E-state index contributed by atoms with van der Waals surface area (Å²) in [5, 5.41) is 11.6. The minimum Gasteiger partial charge on any atom is -0.419 e. The van der Waals surface area contributed by atoms with Gasteiger partial charge in [0.1, 0.15) is 0 Å². The maximum absolute atomic E-state index is 5.75. The van der Waals surface area contributed by atoms with Crippen LogP contribution in [0.25, 0.3) is 11.5 Å². The van der Waals surface area contributed by atoms with Crippen molar-refractivity contribution in [2.24, 2.45) is 0 Å². The molecule has 0 aliphatic heterocycles. The van der Waals surface area contributed by atoms with Crippen molar-refractivity contribution in [1.29, 1.82) is 0 Å². The smallest absolute Gasteiger partial charge is 0.247 e. The van der Waals surface area contributed by atoms with Crippen molar-refractivity contribution in [3.63, 3.8) is 0 Å². The zero-order chi connectivity index (χ0) is 17.6. The van der Waals surface area contributed by atoms with Gasteiger partial charge in [-0.15, -0.1) is 10.2 Å². The van der Waals surface area contributed by atoms with E-state index in [4.69, 9.17) is 4.42 Å². The molecule has 0 saturated carbocycles. The number of anilines is 2. The van der Waals surface area contributed by atoms with Crippen molar-refractivity contribution < 1.29 is 4.42 Å². The molecule has 0 aliphatic carbocycles. The predicted molar refractivity (Wildman–Crippen MR) is 102 cm³/mol. The fourth-order valence-corrected chi connectivity index (χ4v) is 2.78. The second kappa shape index (κ2) is 7.83. The van der Waals surface area contributed by atoms with Gasteiger partial charge in [-0.05, 0) is 57.2 Å². The summed E-state index contributed by atoms with van der Waals surface area (Å²) in [6, 6.07) is 16.5. The van der Waals surface area contributed by atoms with E-state index in [0.29, 0.717) is 18.3 Å². The first-order chi connectivity index (χ1) is 12.2. The van der Waals surface area contributed by atoms with Gasteiger partial charge in [-0.1, -0.05) is 17.7 Å². The molecule has 0 aliphatic rings. The van der Waals surface area contributed by atoms with Crippen LogP contribution in [0.3, 0.4) is 0 Å². The zero-order valence-electron chi connectivity index (χ0n) is 15.0. The molecule has 25 heavy (non-hydrogen) atoms. The SMILES string of the molecule is CCN(CC)c1ccc(NCc2nnc(-c3cccc(C)c3)o2)cc1. The maximum Gasteiger partial charge on any atom is 0.247 e. The van der Waals surface area contributed by atoms with Crippen molar-refractivity contribution in [1.82, 2.24) is 10.2 Å². The molecular weight excluding hydrogens is 312 g/mol. The number of nitrogens with one attached hydrogen (secondary N) is 1. The largest absolute Gasteiger partial charge is 0.419 e. The molecule has 5 heteroatoms. The van der Waals surface area contributed by atoms with E-state index >= 15 is 0 Å². The minimum atomic E-state index is 0.503. The molecular formula is C20H24N4O. The molecule has 0 saturated heterocycles. The molecule has 0 bridgehead atoms. The number of aryl methyl sites for hydroxylation is 1. The Kier molecular flexibility index (Phi) is 5.33. The van der Waals surface area contributed by atoms with Gasteiger partial charge in [-0.25, -0.2) is 0 Å². The molecule has 5 nitrogen and oxygen atoms in total. The lowest BCUT2D eigenvalue weighted by Crippen LogP contribution is -2.21. The number of aromatic nitrogens is 2. The van der Waals surface area contributed by atoms with Crippen molar-refractivity contribution in [2.75, 3.05) is 23.3 Å². The third-order valence-corrected chi connectivity index (χ3v) is 4.17. The number of hydrogen-bond acceptors (Lipinski definition) is 5. The van der Waals surface area contributed by atoms with Crippen LogP contribution in [-0.2, 0) is 6.54 Å². The van der Waals surface area contributed by atoms with E-state index in [1.54, 1.807) is 0 Å². The second-order valence-electron chi connectivity index (χ2n) is 5.94. The Morgan fingerprint density at radius 1 is 1.00 bits per heavy atom. The number of hydrogen-bond donors (Lipinski definition) is 1. The fourth-order valence-electron chi connectivity index (χ4n) is 2.78. The van der Waals surface area contributed by atoms with Gasteiger partial charge in [-0.3, -0.25) is 0 Å². The van der Waals surface area contributed by atoms with E-state index in [1.807, 2.05) is 31.2 Å². The summed E-state index contributed by atoms with van der Waals surface area (Å²) in [5.41, 5.74) is 4.38. The maximum atomic E-state index is 5.75. The van der Waals surface area contributed by atoms with Gasteiger partial charge in [0, 0.05) is 30.0 Å². The van der Waals surface area contributed by atoms with Crippen LogP contribution in [0.1, 0.15) is 25.3 Å². The Hall–Kier alpha value is -2.82. The molecule has 130 valence electrons. The van der Waals surface area contributed by atoms with Gasteiger partial charge in [0.25, 0.3) is 0 Å². The summed E-state index contributed by atoms with van der Waals surface area (Å²) in [5.74, 6) is 1.13. The first-order valence-corrected chi connectivity index (χ1v) is 8.68. The standard InChI is InChI=1S/C20H24N4O/c1-4-24(5-2)18-11-9-17(10-12-18)21-14-19-22-23-20(25-19)16-8-6-7-15(3)13-16/h6-13,21H,4-5,14H2,1-3H3. The first kappa shape index (κ1) is 17.0. The van der Waals surface area contributed by atoms with Crippen LogP contribution >= 0.6 is 0 Å². The lowest BCUT2D eigenvalue weighted by molar-refractivity contribution is 0.515. The quantitative estimate of drug-likeness (QED) is 0.688. The van der Waals surface area contributed by atoms with Crippen LogP contribution in [0.5, 0.6) is 0 Å². The van der Waals surface area contributed by atoms with Crippen LogP contribution in [0.4, 0.5) is 11.4 Å². The predicted octanol–water partition coefficient (Wildman–Crippen LogP) is 4.50. The van der Waals surface area contributed by atoms with E-state index in [2.05, 4.69) is 58.5 Å². The third kappa shape index (κ3) is 4.18. The van der Waals surface area contributed by atoms with E-state index in [1.165, 1.54) is 11.3 Å². The molecule has 0 unspecified atom stereocenters. The lowest BCUT2D eigenvalue weighted by atomic mass is 10.1. The van der Waals surface area contributed by atoms with E-state index in [-0.39, 0.29) is 0 Å². The Labute approximate surface area is 148 Å². The average Bonchev–Trinajstić information content (AvgIpc) is 3.11. The minimum absolute atomic E-state index is 0.503. The highest BCUT2D eigenvalue weighted by molar-refractivity contribution is 5.55. The van der Waals surface area contributed by atoms with Crippen LogP contribution < -0.4 is 10.2 Å². The molecule has 0 atom stereocenters. The Morgan fingerprint density at radius 3 is 2.44 bits per heavy atom. The number of benzene rings is 2. The van der Waals surface area contributed by atoms with Gasteiger partial charge in [-0.2, -0.15) is 0 Å². The van der Waals surface area contributed by atoms with Gasteiger partial charge in [0.15, 0.2) is 0 Å². The van der Waals surface area contributed by atoms with Crippen LogP contribution in [-0.4, -0.2) is 23.3 Å². The normalized spacial score (nSPS) is 10.7. The molecule has 3 aromatic rings. The molecule has 1 heterocycles. The fraction of sp³-hybridized carbons (Fsp3) is 0.300. The molecule has 3 rings (SSSR count). The molecule has 0 amide bonds. The highest BCUT2D eigenvalue weighted by Gasteiger charge is 2.08. The topological polar surface area (TPSA) is 54.2 Å². The Morgan fingerprint density at radius 2 is 1.76 bits per heavy atom. The van der Waals surface area contributed by atoms with E-state index in [9.17, 15) is 0 Å². The monoisotopic (exact) mass is 336 g/mol. The third-order valence-electron chi connectivity index (χ3n) is 4.17. The molecule has 2 aromatic carbocycles. The molecule has 0 radical (unpaired) electrons. The van der Waals surface area contributed by atoms with Crippen LogP contribution in [0.15, 0.2) is 52.9 Å². The van der Waals surface area contributed by atoms with Gasteiger partial charge >= 0.3 is 0 Å². The first-order valence-electron chi connectivity index (χ1n) is 8.68. The van der Waals surface area contributed by atoms with Gasteiger partial charge in [0.05, 0.1) is 6.54 Å². The van der Waals surface area contributed by atoms with Crippen LogP contribution in [0.2, 0.25) is 0 Å². The van der Waals surface area contributed by atoms with Crippen molar-refractivity contribution in [3.8, 4) is 11.5 Å². The molecule has 0 spiro atoms. The second-order valence-corrected chi connectivity index (χ2v) is 5.94. The summed E-state index contributed by atoms with van der Waals surface area (Å²) in [7, 11) is 0. The summed E-state index contributed by atoms with van der Waals surface area (Å²) in [4.78, 5) is 2.32. The lowest BCUT2D eigenvalue weighted by Gasteiger charge is -2.21. The number of rotatable bonds is 7. The summed E-state index contributed by atoms with van der Waals surface area (Å²) >= 11 is 0. The van der Waals surface area contributed by atoms with Gasteiger partial charge in [0.2, 0.25) is 11.8 Å². The Balaban J connectivity index is 1.62. The summed E-state index contributed by atoms with van der Waals surface area (Å²) in [6.45, 7) is 8.89. The highest BCUT2D eigenvalue weighted by Crippen LogP contribution is 2.20. The highest BCUT2D eigenvalue weighted by atomic mass is 16.4. The van der Waals surface area contributed by atoms with E-state index < -0.39 is 0 Å². The molecule has 1 N–H and O–H groups in total. The van der Waals surface area contributed by atoms with Gasteiger partial charge < -0.3 is 14.6 Å². The zero-order valence-corrected chi connectivity index (χ0v) is 15.0. The summed E-state index contributed by atoms with van der Waals surface area (Å²) in [6.07, 6.45) is 0. The van der Waals surface area contributed by atoms with Crippen molar-refractivity contribution in [2.45, 2.75) is 27.3 Å². The number of nitrogens with zero attached hydrogens (tertiary/aromatic N) is 3. The molecule has 0 fully saturated rings. The van der Waals surface area contributed by atoms with E-state index in [0.717, 1.165) is 24.3 Å². The molecule has 1 aromatic heterocycles. The van der Waals surface area contributed by atoms with Crippen LogP contribution in [0, 0.1) is 6.92 Å². The Bertz CT molecular complexity index is 807. The average molecular weight is 336 g/mol. The summed E-state index contributed by atoms with van der Waals surface area (Å²) < 4.78 is 5.75. The van der Waals surface area contributed by atoms with Crippen molar-refractivity contribution in [3.05, 3.63) is 60.0 Å². The van der Waals surface area contributed by atoms with Crippen molar-refractivity contribution >= 4 is 11.4 Å².